The fourth-order valence-corrected chi connectivity index (χ4v) is 4.02. The third kappa shape index (κ3) is 4.75. The molecule has 1 fully saturated rings. The van der Waals surface area contributed by atoms with Gasteiger partial charge in [0.1, 0.15) is 5.82 Å². The first kappa shape index (κ1) is 19.1. The number of nitrogens with zero attached hydrogens (tertiary/aromatic N) is 3. The van der Waals surface area contributed by atoms with E-state index in [9.17, 15) is 8.42 Å². The first-order chi connectivity index (χ1) is 13.0. The van der Waals surface area contributed by atoms with Gasteiger partial charge in [-0.15, -0.1) is 6.58 Å². The molecule has 2 heterocycles. The number of nitrogens with one attached hydrogen (secondary N) is 1. The number of hydrogen-bond acceptors (Lipinski definition) is 5. The topological polar surface area (TPSA) is 65.5 Å². The Hall–Kier alpha value is -2.64. The SMILES string of the molecule is C=CCN1CCN(c2ccc(NS(=O)(=O)c3ccc(C=C)cc3)cn2)CC1. The van der Waals surface area contributed by atoms with E-state index in [1.165, 1.54) is 0 Å². The Bertz CT molecular complexity index is 885. The molecule has 1 saturated heterocycles. The fraction of sp³-hybridized carbons (Fsp3) is 0.250. The number of benzene rings is 1. The Balaban J connectivity index is 1.65. The predicted molar refractivity (Wildman–Crippen MR) is 110 cm³/mol. The van der Waals surface area contributed by atoms with Crippen molar-refractivity contribution in [3.8, 4) is 0 Å². The van der Waals surface area contributed by atoms with Crippen molar-refractivity contribution < 1.29 is 8.42 Å². The largest absolute Gasteiger partial charge is 0.354 e. The molecule has 0 atom stereocenters. The summed E-state index contributed by atoms with van der Waals surface area (Å²) >= 11 is 0. The van der Waals surface area contributed by atoms with Crippen LogP contribution in [-0.2, 0) is 10.0 Å². The molecule has 7 heteroatoms. The van der Waals surface area contributed by atoms with Gasteiger partial charge in [0.05, 0.1) is 16.8 Å². The second-order valence-electron chi connectivity index (χ2n) is 6.36. The average molecular weight is 385 g/mol. The van der Waals surface area contributed by atoms with Crippen LogP contribution in [0.25, 0.3) is 6.08 Å². The normalized spacial score (nSPS) is 15.3. The van der Waals surface area contributed by atoms with E-state index in [1.807, 2.05) is 12.1 Å². The van der Waals surface area contributed by atoms with E-state index in [2.05, 4.69) is 32.7 Å². The molecule has 0 amide bonds. The lowest BCUT2D eigenvalue weighted by atomic mass is 10.2. The van der Waals surface area contributed by atoms with Gasteiger partial charge in [-0.2, -0.15) is 0 Å². The maximum Gasteiger partial charge on any atom is 0.261 e. The zero-order valence-electron chi connectivity index (χ0n) is 15.2. The number of anilines is 2. The Kier molecular flexibility index (Phi) is 5.93. The molecule has 0 saturated carbocycles. The van der Waals surface area contributed by atoms with Crippen LogP contribution in [0.4, 0.5) is 11.5 Å². The van der Waals surface area contributed by atoms with E-state index < -0.39 is 10.0 Å². The molecular weight excluding hydrogens is 360 g/mol. The van der Waals surface area contributed by atoms with Crippen molar-refractivity contribution in [1.82, 2.24) is 9.88 Å². The first-order valence-corrected chi connectivity index (χ1v) is 10.3. The number of aromatic nitrogens is 1. The van der Waals surface area contributed by atoms with Crippen molar-refractivity contribution in [3.05, 3.63) is 67.4 Å². The van der Waals surface area contributed by atoms with E-state index in [-0.39, 0.29) is 4.90 Å². The van der Waals surface area contributed by atoms with Crippen molar-refractivity contribution >= 4 is 27.6 Å². The number of sulfonamides is 1. The van der Waals surface area contributed by atoms with Crippen LogP contribution in [0.2, 0.25) is 0 Å². The summed E-state index contributed by atoms with van der Waals surface area (Å²) in [4.78, 5) is 9.17. The van der Waals surface area contributed by atoms with Crippen LogP contribution in [-0.4, -0.2) is 51.0 Å². The van der Waals surface area contributed by atoms with Gasteiger partial charge in [-0.25, -0.2) is 13.4 Å². The Morgan fingerprint density at radius 1 is 1.04 bits per heavy atom. The van der Waals surface area contributed by atoms with Crippen LogP contribution >= 0.6 is 0 Å². The van der Waals surface area contributed by atoms with E-state index in [0.717, 1.165) is 44.1 Å². The molecule has 1 aliphatic rings. The predicted octanol–water partition coefficient (Wildman–Crippen LogP) is 2.83. The van der Waals surface area contributed by atoms with Gasteiger partial charge in [-0.3, -0.25) is 9.62 Å². The summed E-state index contributed by atoms with van der Waals surface area (Å²) in [6.07, 6.45) is 5.14. The zero-order valence-corrected chi connectivity index (χ0v) is 16.0. The van der Waals surface area contributed by atoms with Crippen LogP contribution in [0.3, 0.4) is 0 Å². The molecule has 1 N–H and O–H groups in total. The second kappa shape index (κ2) is 8.37. The molecule has 6 nitrogen and oxygen atoms in total. The highest BCUT2D eigenvalue weighted by Crippen LogP contribution is 2.19. The average Bonchev–Trinajstić information content (AvgIpc) is 2.69. The second-order valence-corrected chi connectivity index (χ2v) is 8.04. The van der Waals surface area contributed by atoms with Crippen LogP contribution < -0.4 is 9.62 Å². The van der Waals surface area contributed by atoms with Crippen molar-refractivity contribution in [2.75, 3.05) is 42.3 Å². The molecule has 142 valence electrons. The zero-order chi connectivity index (χ0) is 19.3. The number of hydrogen-bond donors (Lipinski definition) is 1. The monoisotopic (exact) mass is 384 g/mol. The summed E-state index contributed by atoms with van der Waals surface area (Å²) in [7, 11) is -3.64. The molecule has 0 bridgehead atoms. The molecular formula is C20H24N4O2S. The van der Waals surface area contributed by atoms with Gasteiger partial charge in [-0.1, -0.05) is 30.9 Å². The smallest absolute Gasteiger partial charge is 0.261 e. The van der Waals surface area contributed by atoms with Gasteiger partial charge in [0.25, 0.3) is 10.0 Å². The molecule has 0 aliphatic carbocycles. The third-order valence-corrected chi connectivity index (χ3v) is 5.91. The lowest BCUT2D eigenvalue weighted by Gasteiger charge is -2.34. The summed E-state index contributed by atoms with van der Waals surface area (Å²) < 4.78 is 27.6. The summed E-state index contributed by atoms with van der Waals surface area (Å²) in [6, 6.07) is 10.1. The Morgan fingerprint density at radius 3 is 2.30 bits per heavy atom. The van der Waals surface area contributed by atoms with Crippen LogP contribution in [0.15, 0.2) is 66.7 Å². The summed E-state index contributed by atoms with van der Waals surface area (Å²) in [5.74, 6) is 0.853. The van der Waals surface area contributed by atoms with Gasteiger partial charge in [0, 0.05) is 32.7 Å². The minimum Gasteiger partial charge on any atom is -0.354 e. The Labute approximate surface area is 160 Å². The minimum absolute atomic E-state index is 0.204. The van der Waals surface area contributed by atoms with E-state index >= 15 is 0 Å². The van der Waals surface area contributed by atoms with Crippen LogP contribution in [0.1, 0.15) is 5.56 Å². The van der Waals surface area contributed by atoms with E-state index in [4.69, 9.17) is 0 Å². The van der Waals surface area contributed by atoms with Crippen LogP contribution in [0.5, 0.6) is 0 Å². The number of pyridine rings is 1. The van der Waals surface area contributed by atoms with Gasteiger partial charge >= 0.3 is 0 Å². The maximum atomic E-state index is 12.5. The lowest BCUT2D eigenvalue weighted by molar-refractivity contribution is 0.283. The highest BCUT2D eigenvalue weighted by Gasteiger charge is 2.18. The van der Waals surface area contributed by atoms with Crippen molar-refractivity contribution in [2.45, 2.75) is 4.90 Å². The molecule has 1 aromatic heterocycles. The van der Waals surface area contributed by atoms with Crippen molar-refractivity contribution in [2.24, 2.45) is 0 Å². The molecule has 1 aromatic carbocycles. The first-order valence-electron chi connectivity index (χ1n) is 8.81. The molecule has 3 rings (SSSR count). The quantitative estimate of drug-likeness (QED) is 0.744. The molecule has 1 aliphatic heterocycles. The van der Waals surface area contributed by atoms with E-state index in [0.29, 0.717) is 5.69 Å². The standard InChI is InChI=1S/C20H24N4O2S/c1-3-11-23-12-14-24(15-13-23)20-10-7-18(16-21-20)22-27(25,26)19-8-5-17(4-2)6-9-19/h3-10,16,22H,1-2,11-15H2. The highest BCUT2D eigenvalue weighted by atomic mass is 32.2. The van der Waals surface area contributed by atoms with Crippen molar-refractivity contribution in [3.63, 3.8) is 0 Å². The fourth-order valence-electron chi connectivity index (χ4n) is 2.97. The summed E-state index contributed by atoms with van der Waals surface area (Å²) in [6.45, 7) is 12.0. The molecule has 2 aromatic rings. The molecule has 0 radical (unpaired) electrons. The Morgan fingerprint density at radius 2 is 1.74 bits per heavy atom. The maximum absolute atomic E-state index is 12.5. The van der Waals surface area contributed by atoms with Crippen molar-refractivity contribution in [1.29, 1.82) is 0 Å². The number of piperazine rings is 1. The highest BCUT2D eigenvalue weighted by molar-refractivity contribution is 7.92. The molecule has 27 heavy (non-hydrogen) atoms. The molecule has 0 spiro atoms. The number of rotatable bonds is 7. The minimum atomic E-state index is -3.64. The van der Waals surface area contributed by atoms with Crippen LogP contribution in [0, 0.1) is 0 Å². The third-order valence-electron chi connectivity index (χ3n) is 4.51. The lowest BCUT2D eigenvalue weighted by Crippen LogP contribution is -2.46. The van der Waals surface area contributed by atoms with Gasteiger partial charge in [-0.05, 0) is 29.8 Å². The van der Waals surface area contributed by atoms with Gasteiger partial charge in [0.15, 0.2) is 0 Å². The van der Waals surface area contributed by atoms with Gasteiger partial charge in [0.2, 0.25) is 0 Å². The van der Waals surface area contributed by atoms with E-state index in [1.54, 1.807) is 42.6 Å². The van der Waals surface area contributed by atoms with Gasteiger partial charge < -0.3 is 4.90 Å². The summed E-state index contributed by atoms with van der Waals surface area (Å²) in [5, 5.41) is 0. The molecule has 0 unspecified atom stereocenters. The summed E-state index contributed by atoms with van der Waals surface area (Å²) in [5.41, 5.74) is 1.31.